The van der Waals surface area contributed by atoms with Crippen molar-refractivity contribution in [3.63, 3.8) is 0 Å². The lowest BCUT2D eigenvalue weighted by atomic mass is 9.98. The molecule has 1 aromatic rings. The number of benzene rings is 1. The third kappa shape index (κ3) is 2.55. The number of carbonyl (C=O) groups is 2. The van der Waals surface area contributed by atoms with Crippen LogP contribution in [0.3, 0.4) is 0 Å². The number of carboxylic acid groups (broad SMARTS) is 2. The summed E-state index contributed by atoms with van der Waals surface area (Å²) in [5, 5.41) is 20.2. The van der Waals surface area contributed by atoms with Crippen LogP contribution in [0.4, 0.5) is 8.78 Å². The van der Waals surface area contributed by atoms with Crippen LogP contribution in [-0.2, 0) is 4.79 Å². The second-order valence-electron chi connectivity index (χ2n) is 4.39. The zero-order chi connectivity index (χ0) is 14.2. The van der Waals surface area contributed by atoms with Crippen LogP contribution in [0.5, 0.6) is 0 Å². The first kappa shape index (κ1) is 13.4. The largest absolute Gasteiger partial charge is 0.481 e. The predicted molar refractivity (Wildman–Crippen MR) is 59.8 cm³/mol. The summed E-state index contributed by atoms with van der Waals surface area (Å²) in [4.78, 5) is 21.4. The van der Waals surface area contributed by atoms with Crippen molar-refractivity contribution < 1.29 is 28.6 Å². The second kappa shape index (κ2) is 4.93. The molecule has 0 saturated carbocycles. The van der Waals surface area contributed by atoms with Crippen LogP contribution in [0.1, 0.15) is 28.4 Å². The molecule has 0 aliphatic carbocycles. The molecule has 2 unspecified atom stereocenters. The molecule has 1 aromatic carbocycles. The second-order valence-corrected chi connectivity index (χ2v) is 4.39. The van der Waals surface area contributed by atoms with Gasteiger partial charge in [0.25, 0.3) is 0 Å². The van der Waals surface area contributed by atoms with Crippen molar-refractivity contribution in [3.8, 4) is 0 Å². The highest BCUT2D eigenvalue weighted by atomic mass is 19.1. The zero-order valence-corrected chi connectivity index (χ0v) is 9.69. The van der Waals surface area contributed by atoms with Crippen molar-refractivity contribution in [2.24, 2.45) is 5.92 Å². The summed E-state index contributed by atoms with van der Waals surface area (Å²) in [6, 6.07) is 0.705. The van der Waals surface area contributed by atoms with E-state index < -0.39 is 41.1 Å². The van der Waals surface area contributed by atoms with Gasteiger partial charge >= 0.3 is 11.9 Å². The summed E-state index contributed by atoms with van der Waals surface area (Å²) >= 11 is 0. The normalized spacial score (nSPS) is 22.4. The molecule has 0 spiro atoms. The average molecular weight is 271 g/mol. The van der Waals surface area contributed by atoms with E-state index in [1.54, 1.807) is 0 Å². The maximum absolute atomic E-state index is 13.8. The highest BCUT2D eigenvalue weighted by Crippen LogP contribution is 2.31. The first-order valence-electron chi connectivity index (χ1n) is 5.58. The van der Waals surface area contributed by atoms with Gasteiger partial charge in [0.15, 0.2) is 0 Å². The molecule has 5 nitrogen and oxygen atoms in total. The molecular formula is C12H11F2NO4. The Hall–Kier alpha value is -2.02. The van der Waals surface area contributed by atoms with Crippen molar-refractivity contribution >= 4 is 11.9 Å². The fourth-order valence-corrected chi connectivity index (χ4v) is 2.18. The molecule has 1 fully saturated rings. The highest BCUT2D eigenvalue weighted by molar-refractivity contribution is 5.87. The summed E-state index contributed by atoms with van der Waals surface area (Å²) in [5.41, 5.74) is -0.791. The number of carboxylic acids is 2. The van der Waals surface area contributed by atoms with Gasteiger partial charge in [-0.1, -0.05) is 0 Å². The topological polar surface area (TPSA) is 86.6 Å². The first-order valence-corrected chi connectivity index (χ1v) is 5.58. The standard InChI is InChI=1S/C12H11F2NO4/c13-7-1-5(11(16)17)2-8(14)10(7)9-3-6(4-15-9)12(18)19/h1-2,6,9,15H,3-4H2,(H,16,17)(H,18,19). The van der Waals surface area contributed by atoms with Crippen LogP contribution in [0, 0.1) is 17.6 Å². The number of hydrogen-bond donors (Lipinski definition) is 3. The van der Waals surface area contributed by atoms with Crippen LogP contribution in [-0.4, -0.2) is 28.7 Å². The Balaban J connectivity index is 2.31. The summed E-state index contributed by atoms with van der Waals surface area (Å²) in [6.45, 7) is 0.125. The minimum absolute atomic E-state index is 0.0651. The van der Waals surface area contributed by atoms with Gasteiger partial charge in [-0.2, -0.15) is 0 Å². The quantitative estimate of drug-likeness (QED) is 0.773. The molecule has 7 heteroatoms. The number of halogens is 2. The van der Waals surface area contributed by atoms with Gasteiger partial charge in [0.05, 0.1) is 11.5 Å². The Kier molecular flexibility index (Phi) is 3.48. The van der Waals surface area contributed by atoms with Gasteiger partial charge in [0, 0.05) is 18.2 Å². The Labute approximate surface area is 106 Å². The van der Waals surface area contributed by atoms with E-state index in [-0.39, 0.29) is 18.5 Å². The van der Waals surface area contributed by atoms with Crippen LogP contribution in [0.25, 0.3) is 0 Å². The number of aliphatic carboxylic acids is 1. The minimum atomic E-state index is -1.42. The molecule has 102 valence electrons. The molecule has 1 saturated heterocycles. The van der Waals surface area contributed by atoms with Gasteiger partial charge in [-0.05, 0) is 18.6 Å². The lowest BCUT2D eigenvalue weighted by Crippen LogP contribution is -2.18. The molecular weight excluding hydrogens is 260 g/mol. The van der Waals surface area contributed by atoms with E-state index in [1.807, 2.05) is 0 Å². The molecule has 0 bridgehead atoms. The summed E-state index contributed by atoms with van der Waals surface area (Å²) in [5.74, 6) is -5.13. The molecule has 1 aliphatic heterocycles. The molecule has 2 rings (SSSR count). The summed E-state index contributed by atoms with van der Waals surface area (Å²) in [6.07, 6.45) is 0.0651. The van der Waals surface area contributed by atoms with Gasteiger partial charge in [-0.25, -0.2) is 13.6 Å². The first-order chi connectivity index (χ1) is 8.90. The van der Waals surface area contributed by atoms with Gasteiger partial charge in [-0.3, -0.25) is 4.79 Å². The van der Waals surface area contributed by atoms with Crippen molar-refractivity contribution in [1.29, 1.82) is 0 Å². The lowest BCUT2D eigenvalue weighted by Gasteiger charge is -2.13. The third-order valence-electron chi connectivity index (χ3n) is 3.15. The lowest BCUT2D eigenvalue weighted by molar-refractivity contribution is -0.141. The van der Waals surface area contributed by atoms with Gasteiger partial charge < -0.3 is 15.5 Å². The number of nitrogens with one attached hydrogen (secondary N) is 1. The average Bonchev–Trinajstić information content (AvgIpc) is 2.77. The smallest absolute Gasteiger partial charge is 0.335 e. The third-order valence-corrected chi connectivity index (χ3v) is 3.15. The maximum Gasteiger partial charge on any atom is 0.335 e. The van der Waals surface area contributed by atoms with Crippen molar-refractivity contribution in [3.05, 3.63) is 34.9 Å². The molecule has 0 amide bonds. The predicted octanol–water partition coefficient (Wildman–Crippen LogP) is 1.40. The molecule has 0 radical (unpaired) electrons. The summed E-state index contributed by atoms with van der Waals surface area (Å²) in [7, 11) is 0. The number of rotatable bonds is 3. The number of hydrogen-bond acceptors (Lipinski definition) is 3. The highest BCUT2D eigenvalue weighted by Gasteiger charge is 2.33. The Morgan fingerprint density at radius 1 is 1.21 bits per heavy atom. The SMILES string of the molecule is O=C(O)c1cc(F)c(C2CC(C(=O)O)CN2)c(F)c1. The maximum atomic E-state index is 13.8. The van der Waals surface area contributed by atoms with Crippen molar-refractivity contribution in [1.82, 2.24) is 5.32 Å². The van der Waals surface area contributed by atoms with E-state index >= 15 is 0 Å². The van der Waals surface area contributed by atoms with Crippen LogP contribution >= 0.6 is 0 Å². The van der Waals surface area contributed by atoms with Crippen molar-refractivity contribution in [2.75, 3.05) is 6.54 Å². The van der Waals surface area contributed by atoms with E-state index in [4.69, 9.17) is 10.2 Å². The molecule has 1 aliphatic rings. The van der Waals surface area contributed by atoms with Crippen LogP contribution < -0.4 is 5.32 Å². The van der Waals surface area contributed by atoms with Crippen LogP contribution in [0.15, 0.2) is 12.1 Å². The number of aromatic carboxylic acids is 1. The summed E-state index contributed by atoms with van der Waals surface area (Å²) < 4.78 is 27.5. The van der Waals surface area contributed by atoms with Crippen LogP contribution in [0.2, 0.25) is 0 Å². The fraction of sp³-hybridized carbons (Fsp3) is 0.333. The zero-order valence-electron chi connectivity index (χ0n) is 9.69. The van der Waals surface area contributed by atoms with Gasteiger partial charge in [0.1, 0.15) is 11.6 Å². The van der Waals surface area contributed by atoms with E-state index in [0.29, 0.717) is 0 Å². The van der Waals surface area contributed by atoms with E-state index in [1.165, 1.54) is 0 Å². The Morgan fingerprint density at radius 2 is 1.79 bits per heavy atom. The molecule has 1 heterocycles. The molecule has 19 heavy (non-hydrogen) atoms. The van der Waals surface area contributed by atoms with Crippen molar-refractivity contribution in [2.45, 2.75) is 12.5 Å². The fourth-order valence-electron chi connectivity index (χ4n) is 2.18. The van der Waals surface area contributed by atoms with Gasteiger partial charge in [-0.15, -0.1) is 0 Å². The van der Waals surface area contributed by atoms with E-state index in [9.17, 15) is 18.4 Å². The molecule has 0 aromatic heterocycles. The van der Waals surface area contributed by atoms with E-state index in [2.05, 4.69) is 5.32 Å². The molecule has 2 atom stereocenters. The Bertz CT molecular complexity index is 524. The van der Waals surface area contributed by atoms with E-state index in [0.717, 1.165) is 12.1 Å². The monoisotopic (exact) mass is 271 g/mol. The molecule has 3 N–H and O–H groups in total. The van der Waals surface area contributed by atoms with Gasteiger partial charge in [0.2, 0.25) is 0 Å². The Morgan fingerprint density at radius 3 is 2.21 bits per heavy atom. The minimum Gasteiger partial charge on any atom is -0.481 e.